The van der Waals surface area contributed by atoms with Crippen LogP contribution in [0.2, 0.25) is 0 Å². The first-order valence-electron chi connectivity index (χ1n) is 9.97. The largest absolute Gasteiger partial charge is 0.494 e. The average Bonchev–Trinajstić information content (AvgIpc) is 3.01. The minimum Gasteiger partial charge on any atom is -0.444 e. The number of amides is 1. The van der Waals surface area contributed by atoms with Crippen LogP contribution in [0.1, 0.15) is 72.4 Å². The molecule has 0 aliphatic carbocycles. The zero-order valence-corrected chi connectivity index (χ0v) is 17.5. The topological polar surface area (TPSA) is 48.0 Å². The maximum Gasteiger partial charge on any atom is 0.494 e. The normalized spacial score (nSPS) is 25.6. The van der Waals surface area contributed by atoms with Crippen molar-refractivity contribution in [2.24, 2.45) is 0 Å². The van der Waals surface area contributed by atoms with Crippen LogP contribution in [0.4, 0.5) is 4.79 Å². The van der Waals surface area contributed by atoms with E-state index in [1.807, 2.05) is 37.8 Å². The highest BCUT2D eigenvalue weighted by Gasteiger charge is 2.39. The predicted octanol–water partition coefficient (Wildman–Crippen LogP) is 4.06. The molecule has 0 bridgehead atoms. The molecule has 5 nitrogen and oxygen atoms in total. The van der Waals surface area contributed by atoms with Crippen LogP contribution in [0.25, 0.3) is 0 Å². The summed E-state index contributed by atoms with van der Waals surface area (Å²) in [6.45, 7) is 12.7. The van der Waals surface area contributed by atoms with E-state index in [1.165, 1.54) is 0 Å². The number of hydrogen-bond acceptors (Lipinski definition) is 4. The molecule has 1 aromatic carbocycles. The van der Waals surface area contributed by atoms with Crippen LogP contribution in [0.3, 0.4) is 0 Å². The van der Waals surface area contributed by atoms with E-state index in [1.54, 1.807) is 0 Å². The third kappa shape index (κ3) is 5.05. The summed E-state index contributed by atoms with van der Waals surface area (Å²) in [6, 6.07) is 8.29. The van der Waals surface area contributed by atoms with Gasteiger partial charge in [0.1, 0.15) is 5.60 Å². The van der Waals surface area contributed by atoms with E-state index in [2.05, 4.69) is 32.9 Å². The number of carbonyl (C=O) groups is 1. The van der Waals surface area contributed by atoms with Crippen molar-refractivity contribution in [3.8, 4) is 0 Å². The second kappa shape index (κ2) is 7.48. The predicted molar refractivity (Wildman–Crippen MR) is 107 cm³/mol. The van der Waals surface area contributed by atoms with Crippen molar-refractivity contribution in [2.45, 2.75) is 84.2 Å². The average molecular weight is 373 g/mol. The van der Waals surface area contributed by atoms with Crippen molar-refractivity contribution in [1.29, 1.82) is 0 Å². The van der Waals surface area contributed by atoms with E-state index in [4.69, 9.17) is 14.0 Å². The van der Waals surface area contributed by atoms with Crippen molar-refractivity contribution in [1.82, 2.24) is 4.90 Å². The van der Waals surface area contributed by atoms with E-state index in [0.29, 0.717) is 0 Å². The lowest BCUT2D eigenvalue weighted by molar-refractivity contribution is -0.0229. The summed E-state index contributed by atoms with van der Waals surface area (Å²) in [5.41, 5.74) is 1.41. The molecule has 0 unspecified atom stereocenters. The Hall–Kier alpha value is -1.53. The highest BCUT2D eigenvalue weighted by Crippen LogP contribution is 2.33. The fraction of sp³-hybridized carbons (Fsp3) is 0.667. The second-order valence-electron chi connectivity index (χ2n) is 9.36. The Labute approximate surface area is 163 Å². The molecule has 6 heteroatoms. The van der Waals surface area contributed by atoms with Crippen LogP contribution in [0.5, 0.6) is 0 Å². The molecular formula is C21H32BNO4. The van der Waals surface area contributed by atoms with Crippen molar-refractivity contribution in [3.05, 3.63) is 29.8 Å². The Balaban J connectivity index is 1.79. The summed E-state index contributed by atoms with van der Waals surface area (Å²) < 4.78 is 17.8. The molecule has 27 heavy (non-hydrogen) atoms. The van der Waals surface area contributed by atoms with Gasteiger partial charge in [-0.05, 0) is 71.8 Å². The zero-order valence-electron chi connectivity index (χ0n) is 17.5. The Morgan fingerprint density at radius 2 is 2.07 bits per heavy atom. The highest BCUT2D eigenvalue weighted by atomic mass is 16.6. The van der Waals surface area contributed by atoms with E-state index in [-0.39, 0.29) is 31.0 Å². The van der Waals surface area contributed by atoms with Gasteiger partial charge in [-0.25, -0.2) is 4.79 Å². The van der Waals surface area contributed by atoms with Crippen molar-refractivity contribution in [3.63, 3.8) is 0 Å². The molecular weight excluding hydrogens is 341 g/mol. The maximum atomic E-state index is 12.6. The number of ether oxygens (including phenoxy) is 1. The lowest BCUT2D eigenvalue weighted by Gasteiger charge is -2.38. The summed E-state index contributed by atoms with van der Waals surface area (Å²) in [7, 11) is -0.375. The second-order valence-corrected chi connectivity index (χ2v) is 9.36. The third-order valence-corrected chi connectivity index (χ3v) is 5.01. The molecule has 148 valence electrons. The molecule has 2 heterocycles. The van der Waals surface area contributed by atoms with Gasteiger partial charge in [0, 0.05) is 12.6 Å². The monoisotopic (exact) mass is 373 g/mol. The van der Waals surface area contributed by atoms with Gasteiger partial charge >= 0.3 is 13.2 Å². The smallest absolute Gasteiger partial charge is 0.444 e. The molecule has 1 amide bonds. The maximum absolute atomic E-state index is 12.6. The van der Waals surface area contributed by atoms with Gasteiger partial charge in [-0.1, -0.05) is 24.3 Å². The van der Waals surface area contributed by atoms with Crippen LogP contribution in [-0.2, 0) is 14.0 Å². The molecule has 0 N–H and O–H groups in total. The van der Waals surface area contributed by atoms with Crippen LogP contribution in [0, 0.1) is 0 Å². The molecule has 1 aromatic rings. The molecule has 2 saturated heterocycles. The Bertz CT molecular complexity index is 685. The molecule has 0 saturated carbocycles. The lowest BCUT2D eigenvalue weighted by Crippen LogP contribution is -2.51. The van der Waals surface area contributed by atoms with Crippen LogP contribution < -0.4 is 5.46 Å². The van der Waals surface area contributed by atoms with Gasteiger partial charge in [-0.15, -0.1) is 0 Å². The first-order valence-corrected chi connectivity index (χ1v) is 9.97. The van der Waals surface area contributed by atoms with Crippen LogP contribution in [-0.4, -0.2) is 42.0 Å². The van der Waals surface area contributed by atoms with Gasteiger partial charge in [0.15, 0.2) is 0 Å². The summed E-state index contributed by atoms with van der Waals surface area (Å²) in [5.74, 6) is 0. The molecule has 2 atom stereocenters. The molecule has 0 spiro atoms. The van der Waals surface area contributed by atoms with Crippen LogP contribution in [0.15, 0.2) is 24.3 Å². The Morgan fingerprint density at radius 3 is 2.74 bits per heavy atom. The van der Waals surface area contributed by atoms with Crippen molar-refractivity contribution in [2.75, 3.05) is 6.54 Å². The number of carbonyl (C=O) groups excluding carboxylic acids is 1. The van der Waals surface area contributed by atoms with E-state index in [0.717, 1.165) is 36.8 Å². The summed E-state index contributed by atoms with van der Waals surface area (Å²) in [6.07, 6.45) is 2.70. The first kappa shape index (κ1) is 20.2. The third-order valence-electron chi connectivity index (χ3n) is 5.01. The standard InChI is InChI=1S/C21H32BNO4/c1-15-14-21(5,6)27-22(26-15)17-10-7-9-16(13-17)18-11-8-12-23(18)19(24)25-20(2,3)4/h7,9-10,13,15,18H,8,11-12,14H2,1-6H3/t15-,18-/m1/s1. The molecule has 2 fully saturated rings. The molecule has 2 aliphatic rings. The fourth-order valence-corrected chi connectivity index (χ4v) is 4.03. The number of benzene rings is 1. The molecule has 0 radical (unpaired) electrons. The first-order chi connectivity index (χ1) is 12.5. The van der Waals surface area contributed by atoms with E-state index in [9.17, 15) is 4.79 Å². The van der Waals surface area contributed by atoms with E-state index >= 15 is 0 Å². The highest BCUT2D eigenvalue weighted by molar-refractivity contribution is 6.61. The van der Waals surface area contributed by atoms with Gasteiger partial charge in [-0.3, -0.25) is 0 Å². The van der Waals surface area contributed by atoms with Crippen LogP contribution >= 0.6 is 0 Å². The lowest BCUT2D eigenvalue weighted by atomic mass is 9.74. The minimum absolute atomic E-state index is 0.0359. The van der Waals surface area contributed by atoms with Gasteiger partial charge in [0.05, 0.1) is 11.6 Å². The van der Waals surface area contributed by atoms with Crippen molar-refractivity contribution >= 4 is 18.7 Å². The minimum atomic E-state index is -0.489. The Kier molecular flexibility index (Phi) is 5.60. The summed E-state index contributed by atoms with van der Waals surface area (Å²) >= 11 is 0. The number of rotatable bonds is 2. The van der Waals surface area contributed by atoms with Gasteiger partial charge in [-0.2, -0.15) is 0 Å². The number of likely N-dealkylation sites (tertiary alicyclic amines) is 1. The number of nitrogens with zero attached hydrogens (tertiary/aromatic N) is 1. The van der Waals surface area contributed by atoms with Gasteiger partial charge < -0.3 is 18.9 Å². The fourth-order valence-electron chi connectivity index (χ4n) is 4.03. The molecule has 0 aromatic heterocycles. The Morgan fingerprint density at radius 1 is 1.33 bits per heavy atom. The molecule has 2 aliphatic heterocycles. The SMILES string of the molecule is C[C@@H]1CC(C)(C)OB(c2cccc([C@H]3CCCN3C(=O)OC(C)(C)C)c2)O1. The quantitative estimate of drug-likeness (QED) is 0.734. The summed E-state index contributed by atoms with van der Waals surface area (Å²) in [5, 5.41) is 0. The number of hydrogen-bond donors (Lipinski definition) is 0. The van der Waals surface area contributed by atoms with Gasteiger partial charge in [0.2, 0.25) is 0 Å². The summed E-state index contributed by atoms with van der Waals surface area (Å²) in [4.78, 5) is 14.5. The van der Waals surface area contributed by atoms with E-state index < -0.39 is 5.60 Å². The van der Waals surface area contributed by atoms with Gasteiger partial charge in [0.25, 0.3) is 0 Å². The van der Waals surface area contributed by atoms with Crippen molar-refractivity contribution < 1.29 is 18.8 Å². The molecule has 3 rings (SSSR count). The zero-order chi connectivity index (χ0) is 19.8.